The molecule has 0 fully saturated rings. The van der Waals surface area contributed by atoms with Crippen LogP contribution in [0.5, 0.6) is 5.75 Å². The van der Waals surface area contributed by atoms with E-state index in [-0.39, 0.29) is 12.4 Å². The van der Waals surface area contributed by atoms with Gasteiger partial charge in [-0.05, 0) is 24.3 Å². The van der Waals surface area contributed by atoms with E-state index < -0.39 is 6.09 Å². The van der Waals surface area contributed by atoms with Crippen molar-refractivity contribution in [3.63, 3.8) is 0 Å². The van der Waals surface area contributed by atoms with E-state index >= 15 is 0 Å². The summed E-state index contributed by atoms with van der Waals surface area (Å²) >= 11 is 0. The molecule has 0 spiro atoms. The van der Waals surface area contributed by atoms with Crippen molar-refractivity contribution in [1.29, 1.82) is 0 Å². The zero-order chi connectivity index (χ0) is 12.0. The Bertz CT molecular complexity index is 377. The number of amides is 1. The van der Waals surface area contributed by atoms with Crippen LogP contribution in [-0.4, -0.2) is 38.5 Å². The van der Waals surface area contributed by atoms with Crippen LogP contribution in [0.3, 0.4) is 0 Å². The number of nitrogens with one attached hydrogen (secondary N) is 1. The van der Waals surface area contributed by atoms with Gasteiger partial charge in [-0.1, -0.05) is 0 Å². The molecule has 0 radical (unpaired) electrons. The van der Waals surface area contributed by atoms with Crippen LogP contribution in [0, 0.1) is 0 Å². The lowest BCUT2D eigenvalue weighted by atomic mass is 10.3. The fourth-order valence-corrected chi connectivity index (χ4v) is 0.940. The van der Waals surface area contributed by atoms with Crippen LogP contribution in [0.15, 0.2) is 29.3 Å². The molecule has 1 N–H and O–H groups in total. The van der Waals surface area contributed by atoms with E-state index in [0.29, 0.717) is 5.75 Å². The number of halogens is 1. The number of carbonyl (C=O) groups excluding carboxylic acids is 1. The Morgan fingerprint density at radius 3 is 2.41 bits per heavy atom. The topological polar surface area (TPSA) is 53.9 Å². The molecule has 0 heterocycles. The molecular weight excluding hydrogens is 242 g/mol. The maximum atomic E-state index is 10.9. The van der Waals surface area contributed by atoms with Gasteiger partial charge in [-0.2, -0.15) is 0 Å². The van der Waals surface area contributed by atoms with Crippen molar-refractivity contribution in [2.24, 2.45) is 4.99 Å². The molecular formula is C11H16ClN3O2. The minimum atomic E-state index is -0.482. The predicted molar refractivity (Wildman–Crippen MR) is 70.6 cm³/mol. The van der Waals surface area contributed by atoms with Gasteiger partial charge in [-0.3, -0.25) is 0 Å². The first-order chi connectivity index (χ1) is 7.61. The average Bonchev–Trinajstić information content (AvgIpc) is 2.28. The van der Waals surface area contributed by atoms with Crippen LogP contribution >= 0.6 is 12.4 Å². The molecule has 1 rings (SSSR count). The van der Waals surface area contributed by atoms with Gasteiger partial charge in [0.25, 0.3) is 0 Å². The number of aliphatic imine (C=N–C) groups is 1. The van der Waals surface area contributed by atoms with Gasteiger partial charge in [0.15, 0.2) is 0 Å². The van der Waals surface area contributed by atoms with E-state index in [1.54, 1.807) is 30.6 Å². The largest absolute Gasteiger partial charge is 0.412 e. The molecule has 0 aliphatic rings. The lowest BCUT2D eigenvalue weighted by Crippen LogP contribution is -2.21. The molecule has 0 aliphatic carbocycles. The Hall–Kier alpha value is -1.75. The van der Waals surface area contributed by atoms with E-state index in [2.05, 4.69) is 10.3 Å². The highest BCUT2D eigenvalue weighted by Crippen LogP contribution is 2.17. The van der Waals surface area contributed by atoms with Gasteiger partial charge in [-0.15, -0.1) is 12.4 Å². The van der Waals surface area contributed by atoms with Gasteiger partial charge in [0.1, 0.15) is 5.75 Å². The molecule has 0 atom stereocenters. The van der Waals surface area contributed by atoms with Crippen LogP contribution in [-0.2, 0) is 0 Å². The summed E-state index contributed by atoms with van der Waals surface area (Å²) in [6.07, 6.45) is 1.22. The van der Waals surface area contributed by atoms with Crippen molar-refractivity contribution in [1.82, 2.24) is 10.2 Å². The van der Waals surface area contributed by atoms with Crippen molar-refractivity contribution < 1.29 is 9.53 Å². The monoisotopic (exact) mass is 257 g/mol. The standard InChI is InChI=1S/C11H15N3O2.ClH/c1-12-11(15)16-10-6-4-9(5-7-10)13-8-14(2)3;/h4-8H,1-3H3,(H,12,15);1H. The highest BCUT2D eigenvalue weighted by molar-refractivity contribution is 5.85. The third kappa shape index (κ3) is 5.77. The third-order valence-corrected chi connectivity index (χ3v) is 1.69. The van der Waals surface area contributed by atoms with Gasteiger partial charge in [0, 0.05) is 21.1 Å². The number of hydrogen-bond donors (Lipinski definition) is 1. The molecule has 0 saturated carbocycles. The maximum Gasteiger partial charge on any atom is 0.412 e. The van der Waals surface area contributed by atoms with Gasteiger partial charge < -0.3 is 15.0 Å². The number of hydrogen-bond acceptors (Lipinski definition) is 3. The number of rotatable bonds is 3. The van der Waals surface area contributed by atoms with Gasteiger partial charge in [0.05, 0.1) is 12.0 Å². The molecule has 1 aromatic rings. The summed E-state index contributed by atoms with van der Waals surface area (Å²) < 4.78 is 4.93. The number of benzene rings is 1. The van der Waals surface area contributed by atoms with Crippen molar-refractivity contribution >= 4 is 30.5 Å². The summed E-state index contributed by atoms with van der Waals surface area (Å²) in [5.41, 5.74) is 0.804. The summed E-state index contributed by atoms with van der Waals surface area (Å²) in [5.74, 6) is 0.489. The Morgan fingerprint density at radius 1 is 1.35 bits per heavy atom. The van der Waals surface area contributed by atoms with E-state index in [1.165, 1.54) is 7.05 Å². The van der Waals surface area contributed by atoms with Crippen LogP contribution < -0.4 is 10.1 Å². The van der Waals surface area contributed by atoms with E-state index in [9.17, 15) is 4.79 Å². The Morgan fingerprint density at radius 2 is 1.94 bits per heavy atom. The Balaban J connectivity index is 0.00000256. The van der Waals surface area contributed by atoms with Crippen molar-refractivity contribution in [2.75, 3.05) is 21.1 Å². The first-order valence-electron chi connectivity index (χ1n) is 4.82. The molecule has 0 aromatic heterocycles. The zero-order valence-corrected chi connectivity index (χ0v) is 10.8. The number of nitrogens with zero attached hydrogens (tertiary/aromatic N) is 2. The summed E-state index contributed by atoms with van der Waals surface area (Å²) in [4.78, 5) is 16.9. The molecule has 1 aromatic carbocycles. The summed E-state index contributed by atoms with van der Waals surface area (Å²) in [5, 5.41) is 2.37. The summed E-state index contributed by atoms with van der Waals surface area (Å²) in [6.45, 7) is 0. The van der Waals surface area contributed by atoms with E-state index in [4.69, 9.17) is 4.74 Å². The van der Waals surface area contributed by atoms with Crippen LogP contribution in [0.2, 0.25) is 0 Å². The summed E-state index contributed by atoms with van der Waals surface area (Å²) in [6, 6.07) is 6.94. The predicted octanol–water partition coefficient (Wildman–Crippen LogP) is 2.05. The van der Waals surface area contributed by atoms with Gasteiger partial charge in [0.2, 0.25) is 0 Å². The van der Waals surface area contributed by atoms with Crippen LogP contribution in [0.4, 0.5) is 10.5 Å². The van der Waals surface area contributed by atoms with Crippen molar-refractivity contribution in [3.8, 4) is 5.75 Å². The third-order valence-electron chi connectivity index (χ3n) is 1.69. The Kier molecular flexibility index (Phi) is 6.74. The van der Waals surface area contributed by atoms with Crippen molar-refractivity contribution in [3.05, 3.63) is 24.3 Å². The smallest absolute Gasteiger partial charge is 0.410 e. The molecule has 0 saturated heterocycles. The van der Waals surface area contributed by atoms with E-state index in [0.717, 1.165) is 5.69 Å². The molecule has 1 amide bonds. The van der Waals surface area contributed by atoms with Crippen LogP contribution in [0.1, 0.15) is 0 Å². The lowest BCUT2D eigenvalue weighted by molar-refractivity contribution is 0.203. The first-order valence-corrected chi connectivity index (χ1v) is 4.82. The first kappa shape index (κ1) is 15.2. The average molecular weight is 258 g/mol. The molecule has 0 aliphatic heterocycles. The fraction of sp³-hybridized carbons (Fsp3) is 0.273. The molecule has 0 bridgehead atoms. The second kappa shape index (κ2) is 7.51. The van der Waals surface area contributed by atoms with Gasteiger partial charge in [-0.25, -0.2) is 9.79 Å². The second-order valence-corrected chi connectivity index (χ2v) is 3.34. The van der Waals surface area contributed by atoms with Gasteiger partial charge >= 0.3 is 6.09 Å². The fourth-order valence-electron chi connectivity index (χ4n) is 0.940. The second-order valence-electron chi connectivity index (χ2n) is 3.34. The highest BCUT2D eigenvalue weighted by Gasteiger charge is 2.00. The minimum Gasteiger partial charge on any atom is -0.410 e. The normalized spacial score (nSPS) is 9.59. The van der Waals surface area contributed by atoms with Crippen LogP contribution in [0.25, 0.3) is 0 Å². The number of carbonyl (C=O) groups is 1. The molecule has 94 valence electrons. The highest BCUT2D eigenvalue weighted by atomic mass is 35.5. The molecule has 17 heavy (non-hydrogen) atoms. The zero-order valence-electron chi connectivity index (χ0n) is 10.0. The lowest BCUT2D eigenvalue weighted by Gasteiger charge is -2.04. The van der Waals surface area contributed by atoms with Crippen molar-refractivity contribution in [2.45, 2.75) is 0 Å². The maximum absolute atomic E-state index is 10.9. The molecule has 0 unspecified atom stereocenters. The minimum absolute atomic E-state index is 0. The quantitative estimate of drug-likeness (QED) is 0.666. The summed E-state index contributed by atoms with van der Waals surface area (Å²) in [7, 11) is 5.30. The molecule has 6 heteroatoms. The van der Waals surface area contributed by atoms with E-state index in [1.807, 2.05) is 19.0 Å². The number of ether oxygens (including phenoxy) is 1. The Labute approximate surface area is 107 Å². The molecule has 5 nitrogen and oxygen atoms in total. The SMILES string of the molecule is CNC(=O)Oc1ccc(N=CN(C)C)cc1.Cl.